The first kappa shape index (κ1) is 30.8. The lowest BCUT2D eigenvalue weighted by Gasteiger charge is -2.43. The van der Waals surface area contributed by atoms with E-state index in [-0.39, 0.29) is 24.3 Å². The van der Waals surface area contributed by atoms with Gasteiger partial charge in [-0.3, -0.25) is 9.59 Å². The molecule has 42 heavy (non-hydrogen) atoms. The Balaban J connectivity index is 1.72. The van der Waals surface area contributed by atoms with Crippen molar-refractivity contribution in [1.29, 1.82) is 0 Å². The maximum atomic E-state index is 14.6. The zero-order valence-electron chi connectivity index (χ0n) is 25.4. The molecular weight excluding hydrogens is 526 g/mol. The number of nitrogens with zero attached hydrogens (tertiary/aromatic N) is 1. The zero-order chi connectivity index (χ0) is 30.3. The topological polar surface area (TPSA) is 87.7 Å². The smallest absolute Gasteiger partial charge is 0.408 e. The lowest BCUT2D eigenvalue weighted by Crippen LogP contribution is -2.58. The van der Waals surface area contributed by atoms with Crippen LogP contribution in [0, 0.1) is 13.8 Å². The van der Waals surface area contributed by atoms with Gasteiger partial charge >= 0.3 is 6.09 Å². The molecule has 3 aromatic rings. The van der Waals surface area contributed by atoms with E-state index >= 15 is 0 Å². The summed E-state index contributed by atoms with van der Waals surface area (Å²) >= 11 is 0. The van der Waals surface area contributed by atoms with Crippen LogP contribution in [-0.2, 0) is 27.3 Å². The number of benzene rings is 3. The molecule has 1 aliphatic rings. The monoisotopic (exact) mass is 569 g/mol. The van der Waals surface area contributed by atoms with Crippen LogP contribution in [-0.4, -0.2) is 40.5 Å². The molecule has 3 amide bonds. The molecule has 7 heteroatoms. The SMILES string of the molecule is Cc1ccc(C(C(=O)NCc2ccccc2)N(C(=O)C(Cc2ccccc2)NC(=O)OC(C)(C)C)C2CCC2)cc1C. The minimum absolute atomic E-state index is 0.120. The molecule has 0 radical (unpaired) electrons. The minimum atomic E-state index is -0.918. The molecule has 0 aliphatic heterocycles. The number of hydrogen-bond acceptors (Lipinski definition) is 4. The van der Waals surface area contributed by atoms with Crippen LogP contribution in [0.4, 0.5) is 4.79 Å². The van der Waals surface area contributed by atoms with E-state index in [0.29, 0.717) is 6.54 Å². The second-order valence-corrected chi connectivity index (χ2v) is 12.2. The molecule has 1 saturated carbocycles. The summed E-state index contributed by atoms with van der Waals surface area (Å²) in [6, 6.07) is 23.3. The fraction of sp³-hybridized carbons (Fsp3) is 0.400. The Morgan fingerprint density at radius 2 is 1.50 bits per heavy atom. The lowest BCUT2D eigenvalue weighted by molar-refractivity contribution is -0.147. The number of hydrogen-bond donors (Lipinski definition) is 2. The first-order valence-corrected chi connectivity index (χ1v) is 14.8. The molecule has 222 valence electrons. The second-order valence-electron chi connectivity index (χ2n) is 12.2. The average molecular weight is 570 g/mol. The van der Waals surface area contributed by atoms with Gasteiger partial charge in [0.25, 0.3) is 0 Å². The van der Waals surface area contributed by atoms with E-state index in [1.54, 1.807) is 25.7 Å². The van der Waals surface area contributed by atoms with Crippen molar-refractivity contribution in [2.75, 3.05) is 0 Å². The van der Waals surface area contributed by atoms with Gasteiger partial charge in [0.2, 0.25) is 11.8 Å². The normalized spacial score (nSPS) is 14.7. The Labute approximate surface area is 249 Å². The standard InChI is InChI=1S/C35H43N3O4/c1-24-19-20-28(21-25(24)2)31(32(39)36-23-27-15-10-7-11-16-27)38(29-17-12-18-29)33(40)30(22-26-13-8-6-9-14-26)37-34(41)42-35(3,4)5/h6-11,13-16,19-21,29-31H,12,17-18,22-23H2,1-5H3,(H,36,39)(H,37,41). The van der Waals surface area contributed by atoms with Crippen LogP contribution in [0.5, 0.6) is 0 Å². The van der Waals surface area contributed by atoms with Crippen LogP contribution >= 0.6 is 0 Å². The van der Waals surface area contributed by atoms with Gasteiger partial charge in [0.05, 0.1) is 0 Å². The largest absolute Gasteiger partial charge is 0.444 e. The molecule has 0 aromatic heterocycles. The van der Waals surface area contributed by atoms with Gasteiger partial charge in [-0.2, -0.15) is 0 Å². The Kier molecular flexibility index (Phi) is 10.0. The van der Waals surface area contributed by atoms with Crippen LogP contribution in [0.2, 0.25) is 0 Å². The fourth-order valence-electron chi connectivity index (χ4n) is 5.12. The average Bonchev–Trinajstić information content (AvgIpc) is 2.92. The van der Waals surface area contributed by atoms with Crippen LogP contribution in [0.3, 0.4) is 0 Å². The molecule has 4 rings (SSSR count). The molecule has 2 unspecified atom stereocenters. The van der Waals surface area contributed by atoms with Crippen molar-refractivity contribution in [3.05, 3.63) is 107 Å². The van der Waals surface area contributed by atoms with E-state index in [9.17, 15) is 14.4 Å². The number of aryl methyl sites for hydroxylation is 2. The maximum absolute atomic E-state index is 14.6. The first-order valence-electron chi connectivity index (χ1n) is 14.8. The summed E-state index contributed by atoms with van der Waals surface area (Å²) in [7, 11) is 0. The molecule has 0 heterocycles. The molecule has 1 fully saturated rings. The fourth-order valence-corrected chi connectivity index (χ4v) is 5.12. The third-order valence-corrected chi connectivity index (χ3v) is 7.68. The van der Waals surface area contributed by atoms with Gasteiger partial charge < -0.3 is 20.3 Å². The summed E-state index contributed by atoms with van der Waals surface area (Å²) in [6.07, 6.45) is 2.17. The van der Waals surface area contributed by atoms with Crippen molar-refractivity contribution in [2.45, 2.75) is 90.6 Å². The lowest BCUT2D eigenvalue weighted by atomic mass is 9.87. The highest BCUT2D eigenvalue weighted by Gasteiger charge is 2.42. The molecule has 1 aliphatic carbocycles. The second kappa shape index (κ2) is 13.7. The molecule has 0 saturated heterocycles. The number of alkyl carbamates (subject to hydrolysis) is 1. The highest BCUT2D eigenvalue weighted by atomic mass is 16.6. The first-order chi connectivity index (χ1) is 20.0. The van der Waals surface area contributed by atoms with Crippen molar-refractivity contribution >= 4 is 17.9 Å². The van der Waals surface area contributed by atoms with Gasteiger partial charge in [-0.05, 0) is 81.7 Å². The van der Waals surface area contributed by atoms with Gasteiger partial charge in [0.1, 0.15) is 17.7 Å². The van der Waals surface area contributed by atoms with Crippen LogP contribution < -0.4 is 10.6 Å². The highest BCUT2D eigenvalue weighted by Crippen LogP contribution is 2.34. The number of rotatable bonds is 10. The van der Waals surface area contributed by atoms with E-state index in [2.05, 4.69) is 10.6 Å². The van der Waals surface area contributed by atoms with Gasteiger partial charge in [-0.25, -0.2) is 4.79 Å². The van der Waals surface area contributed by atoms with Gasteiger partial charge in [-0.15, -0.1) is 0 Å². The van der Waals surface area contributed by atoms with Crippen molar-refractivity contribution in [3.63, 3.8) is 0 Å². The predicted molar refractivity (Wildman–Crippen MR) is 165 cm³/mol. The summed E-state index contributed by atoms with van der Waals surface area (Å²) in [6.45, 7) is 9.74. The number of carbonyl (C=O) groups excluding carboxylic acids is 3. The van der Waals surface area contributed by atoms with Crippen molar-refractivity contribution in [2.24, 2.45) is 0 Å². The number of nitrogens with one attached hydrogen (secondary N) is 2. The molecular formula is C35H43N3O4. The van der Waals surface area contributed by atoms with Crippen molar-refractivity contribution in [1.82, 2.24) is 15.5 Å². The Morgan fingerprint density at radius 3 is 2.05 bits per heavy atom. The molecule has 2 N–H and O–H groups in total. The van der Waals surface area contributed by atoms with E-state index in [1.165, 1.54) is 0 Å². The molecule has 2 atom stereocenters. The van der Waals surface area contributed by atoms with E-state index < -0.39 is 23.8 Å². The minimum Gasteiger partial charge on any atom is -0.444 e. The zero-order valence-corrected chi connectivity index (χ0v) is 25.4. The van der Waals surface area contributed by atoms with Gasteiger partial charge in [0.15, 0.2) is 0 Å². The summed E-state index contributed by atoms with van der Waals surface area (Å²) in [5.74, 6) is -0.550. The summed E-state index contributed by atoms with van der Waals surface area (Å²) < 4.78 is 5.55. The molecule has 0 spiro atoms. The van der Waals surface area contributed by atoms with Crippen LogP contribution in [0.25, 0.3) is 0 Å². The van der Waals surface area contributed by atoms with Gasteiger partial charge in [-0.1, -0.05) is 78.9 Å². The third kappa shape index (κ3) is 8.21. The summed E-state index contributed by atoms with van der Waals surface area (Å²) in [4.78, 5) is 43.4. The Hall–Kier alpha value is -4.13. The van der Waals surface area contributed by atoms with E-state index in [4.69, 9.17) is 4.74 Å². The predicted octanol–water partition coefficient (Wildman–Crippen LogP) is 6.18. The molecule has 3 aromatic carbocycles. The third-order valence-electron chi connectivity index (χ3n) is 7.68. The Bertz CT molecular complexity index is 1360. The number of amides is 3. The number of ether oxygens (including phenoxy) is 1. The Morgan fingerprint density at radius 1 is 0.881 bits per heavy atom. The highest BCUT2D eigenvalue weighted by molar-refractivity contribution is 5.92. The van der Waals surface area contributed by atoms with Crippen molar-refractivity contribution < 1.29 is 19.1 Å². The molecule has 7 nitrogen and oxygen atoms in total. The molecule has 0 bridgehead atoms. The summed E-state index contributed by atoms with van der Waals surface area (Å²) in [5, 5.41) is 5.93. The van der Waals surface area contributed by atoms with E-state index in [0.717, 1.165) is 47.1 Å². The van der Waals surface area contributed by atoms with Gasteiger partial charge in [0, 0.05) is 19.0 Å². The van der Waals surface area contributed by atoms with Crippen LogP contribution in [0.15, 0.2) is 78.9 Å². The quantitative estimate of drug-likeness (QED) is 0.305. The van der Waals surface area contributed by atoms with E-state index in [1.807, 2.05) is 92.7 Å². The van der Waals surface area contributed by atoms with Crippen molar-refractivity contribution in [3.8, 4) is 0 Å². The summed E-state index contributed by atoms with van der Waals surface area (Å²) in [5.41, 5.74) is 4.05. The van der Waals surface area contributed by atoms with Crippen LogP contribution in [0.1, 0.15) is 73.9 Å². The maximum Gasteiger partial charge on any atom is 0.408 e. The number of carbonyl (C=O) groups is 3.